The van der Waals surface area contributed by atoms with Crippen LogP contribution in [0.4, 0.5) is 0 Å². The average Bonchev–Trinajstić information content (AvgIpc) is 2.15. The molecular weight excluding hydrogens is 198 g/mol. The summed E-state index contributed by atoms with van der Waals surface area (Å²) in [5.74, 6) is 1.18. The second-order valence-electron chi connectivity index (χ2n) is 5.58. The molecule has 1 aromatic heterocycles. The van der Waals surface area contributed by atoms with Crippen LogP contribution in [0.5, 0.6) is 0 Å². The van der Waals surface area contributed by atoms with Gasteiger partial charge in [-0.3, -0.25) is 4.98 Å². The van der Waals surface area contributed by atoms with E-state index in [4.69, 9.17) is 0 Å². The zero-order valence-electron chi connectivity index (χ0n) is 10.4. The molecule has 2 atom stereocenters. The van der Waals surface area contributed by atoms with Crippen molar-refractivity contribution in [2.24, 2.45) is 11.8 Å². The van der Waals surface area contributed by atoms with Crippen molar-refractivity contribution in [1.82, 2.24) is 4.98 Å². The maximum Gasteiger partial charge on any atom is 0.0919 e. The van der Waals surface area contributed by atoms with Crippen LogP contribution in [0.3, 0.4) is 0 Å². The highest BCUT2D eigenvalue weighted by molar-refractivity contribution is 5.28. The van der Waals surface area contributed by atoms with Crippen molar-refractivity contribution in [3.63, 3.8) is 0 Å². The second kappa shape index (κ2) is 4.17. The maximum atomic E-state index is 10.8. The van der Waals surface area contributed by atoms with Gasteiger partial charge in [-0.15, -0.1) is 0 Å². The normalized spacial score (nSPS) is 35.0. The zero-order valence-corrected chi connectivity index (χ0v) is 10.4. The minimum absolute atomic E-state index is 0.591. The number of aliphatic hydroxyl groups is 1. The third kappa shape index (κ3) is 2.12. The van der Waals surface area contributed by atoms with Crippen LogP contribution < -0.4 is 0 Å². The number of rotatable bonds is 1. The first-order valence-electron chi connectivity index (χ1n) is 6.15. The van der Waals surface area contributed by atoms with Gasteiger partial charge >= 0.3 is 0 Å². The van der Waals surface area contributed by atoms with Gasteiger partial charge in [0.15, 0.2) is 0 Å². The lowest BCUT2D eigenvalue weighted by Crippen LogP contribution is -2.36. The standard InChI is InChI=1S/C14H21NO/c1-10-6-11(2)8-14(16,7-10)13-9-15-5-4-12(13)3/h4-5,9-11,16H,6-8H2,1-3H3. The van der Waals surface area contributed by atoms with Crippen LogP contribution >= 0.6 is 0 Å². The summed E-state index contributed by atoms with van der Waals surface area (Å²) in [6.45, 7) is 6.51. The van der Waals surface area contributed by atoms with Crippen LogP contribution in [0.1, 0.15) is 44.2 Å². The second-order valence-corrected chi connectivity index (χ2v) is 5.58. The molecule has 2 nitrogen and oxygen atoms in total. The quantitative estimate of drug-likeness (QED) is 0.787. The van der Waals surface area contributed by atoms with Crippen LogP contribution in [0.2, 0.25) is 0 Å². The molecule has 2 unspecified atom stereocenters. The molecule has 0 bridgehead atoms. The van der Waals surface area contributed by atoms with Crippen LogP contribution in [0.25, 0.3) is 0 Å². The van der Waals surface area contributed by atoms with E-state index in [1.54, 1.807) is 6.20 Å². The monoisotopic (exact) mass is 219 g/mol. The van der Waals surface area contributed by atoms with E-state index in [9.17, 15) is 5.11 Å². The van der Waals surface area contributed by atoms with Crippen molar-refractivity contribution in [2.45, 2.75) is 45.6 Å². The van der Waals surface area contributed by atoms with Crippen molar-refractivity contribution in [2.75, 3.05) is 0 Å². The molecule has 1 saturated carbocycles. The highest BCUT2D eigenvalue weighted by Gasteiger charge is 2.38. The van der Waals surface area contributed by atoms with Crippen LogP contribution in [-0.4, -0.2) is 10.1 Å². The van der Waals surface area contributed by atoms with Gasteiger partial charge in [-0.2, -0.15) is 0 Å². The summed E-state index contributed by atoms with van der Waals surface area (Å²) in [5, 5.41) is 10.8. The molecule has 2 rings (SSSR count). The lowest BCUT2D eigenvalue weighted by atomic mass is 9.70. The number of nitrogens with zero attached hydrogens (tertiary/aromatic N) is 1. The van der Waals surface area contributed by atoms with Gasteiger partial charge in [-0.25, -0.2) is 0 Å². The molecule has 0 radical (unpaired) electrons. The van der Waals surface area contributed by atoms with Crippen LogP contribution in [0, 0.1) is 18.8 Å². The molecular formula is C14H21NO. The molecule has 1 heterocycles. The summed E-state index contributed by atoms with van der Waals surface area (Å²) in [6.07, 6.45) is 6.58. The van der Waals surface area contributed by atoms with Gasteiger partial charge in [0.05, 0.1) is 5.60 Å². The van der Waals surface area contributed by atoms with Gasteiger partial charge in [0.25, 0.3) is 0 Å². The van der Waals surface area contributed by atoms with E-state index in [-0.39, 0.29) is 0 Å². The fourth-order valence-corrected chi connectivity index (χ4v) is 3.26. The molecule has 1 aliphatic rings. The predicted molar refractivity (Wildman–Crippen MR) is 65.0 cm³/mol. The van der Waals surface area contributed by atoms with Gasteiger partial charge in [-0.1, -0.05) is 13.8 Å². The van der Waals surface area contributed by atoms with Crippen LogP contribution in [-0.2, 0) is 5.60 Å². The summed E-state index contributed by atoms with van der Waals surface area (Å²) < 4.78 is 0. The van der Waals surface area contributed by atoms with Crippen molar-refractivity contribution in [3.05, 3.63) is 29.6 Å². The number of aromatic nitrogens is 1. The largest absolute Gasteiger partial charge is 0.385 e. The minimum Gasteiger partial charge on any atom is -0.385 e. The first-order valence-corrected chi connectivity index (χ1v) is 6.15. The summed E-state index contributed by atoms with van der Waals surface area (Å²) in [4.78, 5) is 4.16. The Hall–Kier alpha value is -0.890. The molecule has 88 valence electrons. The highest BCUT2D eigenvalue weighted by atomic mass is 16.3. The SMILES string of the molecule is Cc1ccncc1C1(O)CC(C)CC(C)C1. The van der Waals surface area contributed by atoms with E-state index in [2.05, 4.69) is 25.8 Å². The molecule has 1 fully saturated rings. The molecule has 0 amide bonds. The average molecular weight is 219 g/mol. The molecule has 0 saturated heterocycles. The summed E-state index contributed by atoms with van der Waals surface area (Å²) >= 11 is 0. The highest BCUT2D eigenvalue weighted by Crippen LogP contribution is 2.43. The Morgan fingerprint density at radius 1 is 1.31 bits per heavy atom. The Bertz CT molecular complexity index is 365. The van der Waals surface area contributed by atoms with Crippen molar-refractivity contribution >= 4 is 0 Å². The topological polar surface area (TPSA) is 33.1 Å². The van der Waals surface area contributed by atoms with E-state index in [1.807, 2.05) is 12.3 Å². The Morgan fingerprint density at radius 3 is 2.50 bits per heavy atom. The fourth-order valence-electron chi connectivity index (χ4n) is 3.26. The zero-order chi connectivity index (χ0) is 11.8. The lowest BCUT2D eigenvalue weighted by Gasteiger charge is -2.39. The molecule has 0 spiro atoms. The summed E-state index contributed by atoms with van der Waals surface area (Å²) in [6, 6.07) is 1.98. The van der Waals surface area contributed by atoms with E-state index >= 15 is 0 Å². The number of hydrogen-bond acceptors (Lipinski definition) is 2. The smallest absolute Gasteiger partial charge is 0.0919 e. The predicted octanol–water partition coefficient (Wildman–Crippen LogP) is 3.03. The molecule has 1 N–H and O–H groups in total. The first kappa shape index (κ1) is 11.6. The molecule has 0 aromatic carbocycles. The molecule has 16 heavy (non-hydrogen) atoms. The Balaban J connectivity index is 2.34. The molecule has 1 aliphatic carbocycles. The van der Waals surface area contributed by atoms with E-state index < -0.39 is 5.60 Å². The third-order valence-corrected chi connectivity index (χ3v) is 3.72. The van der Waals surface area contributed by atoms with Gasteiger partial charge in [0.2, 0.25) is 0 Å². The van der Waals surface area contributed by atoms with E-state index in [1.165, 1.54) is 6.42 Å². The Kier molecular flexibility index (Phi) is 3.02. The first-order chi connectivity index (χ1) is 7.51. The van der Waals surface area contributed by atoms with Crippen LogP contribution in [0.15, 0.2) is 18.5 Å². The Labute approximate surface area is 97.7 Å². The van der Waals surface area contributed by atoms with E-state index in [0.29, 0.717) is 11.8 Å². The third-order valence-electron chi connectivity index (χ3n) is 3.72. The van der Waals surface area contributed by atoms with Gasteiger partial charge in [0.1, 0.15) is 0 Å². The fraction of sp³-hybridized carbons (Fsp3) is 0.643. The molecule has 0 aliphatic heterocycles. The maximum absolute atomic E-state index is 10.8. The van der Waals surface area contributed by atoms with Crippen molar-refractivity contribution in [1.29, 1.82) is 0 Å². The van der Waals surface area contributed by atoms with Gasteiger partial charge in [0, 0.05) is 18.0 Å². The van der Waals surface area contributed by atoms with Crippen molar-refractivity contribution < 1.29 is 5.11 Å². The number of pyridine rings is 1. The molecule has 1 aromatic rings. The lowest BCUT2D eigenvalue weighted by molar-refractivity contribution is -0.0370. The summed E-state index contributed by atoms with van der Waals surface area (Å²) in [7, 11) is 0. The number of hydrogen-bond donors (Lipinski definition) is 1. The number of aryl methyl sites for hydroxylation is 1. The minimum atomic E-state index is -0.657. The summed E-state index contributed by atoms with van der Waals surface area (Å²) in [5.41, 5.74) is 1.52. The Morgan fingerprint density at radius 2 is 1.94 bits per heavy atom. The molecule has 2 heteroatoms. The van der Waals surface area contributed by atoms with Gasteiger partial charge < -0.3 is 5.11 Å². The van der Waals surface area contributed by atoms with E-state index in [0.717, 1.165) is 24.0 Å². The van der Waals surface area contributed by atoms with Crippen molar-refractivity contribution in [3.8, 4) is 0 Å². The van der Waals surface area contributed by atoms with Gasteiger partial charge in [-0.05, 0) is 49.7 Å².